The number of hydrogen-bond acceptors (Lipinski definition) is 6. The standard InChI is InChI=1S/C16H22N6S/c1-11-6-12(23-20-11)7-22(8-16(2,3)4)15-13-14(17-9-18-15)21(5)10-19-13/h6,9-10H,7-8H2,1-5H3. The molecule has 0 radical (unpaired) electrons. The van der Waals surface area contributed by atoms with Crippen LogP contribution in [-0.2, 0) is 13.6 Å². The van der Waals surface area contributed by atoms with E-state index in [9.17, 15) is 0 Å². The maximum Gasteiger partial charge on any atom is 0.165 e. The molecular formula is C16H22N6S. The normalized spacial score (nSPS) is 12.0. The molecule has 0 atom stereocenters. The molecule has 0 N–H and O–H groups in total. The third-order valence-corrected chi connectivity index (χ3v) is 4.33. The minimum atomic E-state index is 0.145. The summed E-state index contributed by atoms with van der Waals surface area (Å²) in [6.07, 6.45) is 3.40. The molecule has 0 unspecified atom stereocenters. The molecule has 23 heavy (non-hydrogen) atoms. The molecule has 122 valence electrons. The topological polar surface area (TPSA) is 59.7 Å². The van der Waals surface area contributed by atoms with Gasteiger partial charge < -0.3 is 9.47 Å². The maximum atomic E-state index is 4.53. The summed E-state index contributed by atoms with van der Waals surface area (Å²) in [5.41, 5.74) is 2.91. The molecule has 0 bridgehead atoms. The summed E-state index contributed by atoms with van der Waals surface area (Å²) in [5.74, 6) is 0.886. The van der Waals surface area contributed by atoms with Crippen LogP contribution in [0.25, 0.3) is 11.2 Å². The highest BCUT2D eigenvalue weighted by atomic mass is 32.1. The predicted molar refractivity (Wildman–Crippen MR) is 93.7 cm³/mol. The van der Waals surface area contributed by atoms with Gasteiger partial charge in [-0.25, -0.2) is 15.0 Å². The van der Waals surface area contributed by atoms with Gasteiger partial charge in [-0.05, 0) is 29.9 Å². The van der Waals surface area contributed by atoms with Gasteiger partial charge in [0.2, 0.25) is 0 Å². The smallest absolute Gasteiger partial charge is 0.165 e. The fraction of sp³-hybridized carbons (Fsp3) is 0.500. The van der Waals surface area contributed by atoms with Gasteiger partial charge in [-0.15, -0.1) is 0 Å². The molecular weight excluding hydrogens is 308 g/mol. The molecule has 3 heterocycles. The van der Waals surface area contributed by atoms with Gasteiger partial charge in [-0.2, -0.15) is 4.37 Å². The highest BCUT2D eigenvalue weighted by molar-refractivity contribution is 7.05. The number of anilines is 1. The van der Waals surface area contributed by atoms with E-state index in [1.165, 1.54) is 4.88 Å². The van der Waals surface area contributed by atoms with Crippen molar-refractivity contribution in [2.45, 2.75) is 34.2 Å². The van der Waals surface area contributed by atoms with Crippen LogP contribution in [0.4, 0.5) is 5.82 Å². The number of aryl methyl sites for hydroxylation is 2. The van der Waals surface area contributed by atoms with Crippen LogP contribution in [0.15, 0.2) is 18.7 Å². The van der Waals surface area contributed by atoms with E-state index in [0.717, 1.165) is 35.8 Å². The van der Waals surface area contributed by atoms with Crippen LogP contribution in [0.2, 0.25) is 0 Å². The molecule has 6 nitrogen and oxygen atoms in total. The monoisotopic (exact) mass is 330 g/mol. The van der Waals surface area contributed by atoms with E-state index in [-0.39, 0.29) is 5.41 Å². The second-order valence-electron chi connectivity index (χ2n) is 7.08. The Kier molecular flexibility index (Phi) is 4.06. The van der Waals surface area contributed by atoms with Gasteiger partial charge in [0.15, 0.2) is 17.0 Å². The summed E-state index contributed by atoms with van der Waals surface area (Å²) in [6.45, 7) is 10.4. The van der Waals surface area contributed by atoms with E-state index in [1.807, 2.05) is 18.5 Å². The molecule has 0 spiro atoms. The summed E-state index contributed by atoms with van der Waals surface area (Å²) in [7, 11) is 1.95. The molecule has 0 saturated carbocycles. The van der Waals surface area contributed by atoms with Crippen molar-refractivity contribution in [1.82, 2.24) is 23.9 Å². The Labute approximate surface area is 140 Å². The SMILES string of the molecule is Cc1cc(CN(CC(C)(C)C)c2ncnc3c2ncn3C)sn1. The van der Waals surface area contributed by atoms with Crippen LogP contribution >= 0.6 is 11.5 Å². The first-order chi connectivity index (χ1) is 10.8. The predicted octanol–water partition coefficient (Wildman–Crippen LogP) is 3.18. The van der Waals surface area contributed by atoms with Gasteiger partial charge in [-0.1, -0.05) is 20.8 Å². The number of rotatable bonds is 4. The van der Waals surface area contributed by atoms with Crippen molar-refractivity contribution in [3.63, 3.8) is 0 Å². The third kappa shape index (κ3) is 3.50. The van der Waals surface area contributed by atoms with E-state index >= 15 is 0 Å². The van der Waals surface area contributed by atoms with Gasteiger partial charge in [0.1, 0.15) is 6.33 Å². The third-order valence-electron chi connectivity index (χ3n) is 3.47. The lowest BCUT2D eigenvalue weighted by molar-refractivity contribution is 0.408. The average molecular weight is 330 g/mol. The summed E-state index contributed by atoms with van der Waals surface area (Å²) in [5, 5.41) is 0. The van der Waals surface area contributed by atoms with Crippen LogP contribution < -0.4 is 4.90 Å². The van der Waals surface area contributed by atoms with Gasteiger partial charge in [0, 0.05) is 18.5 Å². The number of hydrogen-bond donors (Lipinski definition) is 0. The number of aromatic nitrogens is 5. The molecule has 3 aromatic rings. The van der Waals surface area contributed by atoms with E-state index in [4.69, 9.17) is 0 Å². The summed E-state index contributed by atoms with van der Waals surface area (Å²) < 4.78 is 6.31. The zero-order valence-electron chi connectivity index (χ0n) is 14.2. The van der Waals surface area contributed by atoms with Crippen molar-refractivity contribution in [1.29, 1.82) is 0 Å². The molecule has 0 aliphatic heterocycles. The van der Waals surface area contributed by atoms with E-state index in [2.05, 4.69) is 51.1 Å². The van der Waals surface area contributed by atoms with Gasteiger partial charge in [-0.3, -0.25) is 0 Å². The fourth-order valence-corrected chi connectivity index (χ4v) is 3.37. The molecule has 0 aromatic carbocycles. The lowest BCUT2D eigenvalue weighted by Crippen LogP contribution is -2.33. The van der Waals surface area contributed by atoms with Crippen LogP contribution in [0.5, 0.6) is 0 Å². The van der Waals surface area contributed by atoms with Crippen LogP contribution in [0.1, 0.15) is 31.3 Å². The van der Waals surface area contributed by atoms with Crippen molar-refractivity contribution < 1.29 is 0 Å². The van der Waals surface area contributed by atoms with E-state index in [0.29, 0.717) is 0 Å². The number of nitrogens with zero attached hydrogens (tertiary/aromatic N) is 6. The summed E-state index contributed by atoms with van der Waals surface area (Å²) >= 11 is 1.55. The van der Waals surface area contributed by atoms with Gasteiger partial charge in [0.05, 0.1) is 18.6 Å². The van der Waals surface area contributed by atoms with E-state index in [1.54, 1.807) is 24.2 Å². The fourth-order valence-electron chi connectivity index (χ4n) is 2.62. The lowest BCUT2D eigenvalue weighted by Gasteiger charge is -2.30. The van der Waals surface area contributed by atoms with Crippen LogP contribution in [0, 0.1) is 12.3 Å². The zero-order chi connectivity index (χ0) is 16.6. The first-order valence-electron chi connectivity index (χ1n) is 7.63. The Morgan fingerprint density at radius 2 is 2.00 bits per heavy atom. The Hall–Kier alpha value is -2.02. The average Bonchev–Trinajstić information content (AvgIpc) is 3.03. The maximum absolute atomic E-state index is 4.53. The van der Waals surface area contributed by atoms with Crippen molar-refractivity contribution >= 4 is 28.5 Å². The van der Waals surface area contributed by atoms with Crippen molar-refractivity contribution in [2.75, 3.05) is 11.4 Å². The quantitative estimate of drug-likeness (QED) is 0.735. The van der Waals surface area contributed by atoms with Crippen molar-refractivity contribution in [2.24, 2.45) is 12.5 Å². The van der Waals surface area contributed by atoms with Crippen LogP contribution in [-0.4, -0.2) is 30.4 Å². The van der Waals surface area contributed by atoms with Gasteiger partial charge in [0.25, 0.3) is 0 Å². The molecule has 0 fully saturated rings. The molecule has 3 aromatic heterocycles. The molecule has 3 rings (SSSR count). The summed E-state index contributed by atoms with van der Waals surface area (Å²) in [4.78, 5) is 16.9. The minimum absolute atomic E-state index is 0.145. The zero-order valence-corrected chi connectivity index (χ0v) is 15.1. The highest BCUT2D eigenvalue weighted by Crippen LogP contribution is 2.27. The van der Waals surface area contributed by atoms with Crippen molar-refractivity contribution in [3.8, 4) is 0 Å². The first kappa shape index (κ1) is 15.9. The molecule has 0 aliphatic rings. The lowest BCUT2D eigenvalue weighted by atomic mass is 9.96. The Balaban J connectivity index is 2.02. The Morgan fingerprint density at radius 1 is 1.22 bits per heavy atom. The number of imidazole rings is 1. The number of fused-ring (bicyclic) bond motifs is 1. The second kappa shape index (κ2) is 5.88. The van der Waals surface area contributed by atoms with Gasteiger partial charge >= 0.3 is 0 Å². The molecule has 0 amide bonds. The van der Waals surface area contributed by atoms with Crippen molar-refractivity contribution in [3.05, 3.63) is 29.3 Å². The highest BCUT2D eigenvalue weighted by Gasteiger charge is 2.22. The first-order valence-corrected chi connectivity index (χ1v) is 8.40. The molecule has 7 heteroatoms. The minimum Gasteiger partial charge on any atom is -0.349 e. The Morgan fingerprint density at radius 3 is 2.65 bits per heavy atom. The summed E-state index contributed by atoms with van der Waals surface area (Å²) in [6, 6.07) is 2.14. The Bertz CT molecular complexity index is 813. The van der Waals surface area contributed by atoms with Crippen LogP contribution in [0.3, 0.4) is 0 Å². The second-order valence-corrected chi connectivity index (χ2v) is 7.97. The molecule has 0 saturated heterocycles. The van der Waals surface area contributed by atoms with E-state index < -0.39 is 0 Å². The largest absolute Gasteiger partial charge is 0.349 e. The molecule has 0 aliphatic carbocycles.